The van der Waals surface area contributed by atoms with Crippen molar-refractivity contribution in [2.24, 2.45) is 0 Å². The molecule has 0 fully saturated rings. The fourth-order valence-corrected chi connectivity index (χ4v) is 1.56. The number of methoxy groups -OCH3 is 1. The zero-order valence-corrected chi connectivity index (χ0v) is 9.14. The highest BCUT2D eigenvalue weighted by Gasteiger charge is 2.06. The van der Waals surface area contributed by atoms with E-state index >= 15 is 0 Å². The Bertz CT molecular complexity index is 508. The summed E-state index contributed by atoms with van der Waals surface area (Å²) < 4.78 is 4.88. The smallest absolute Gasteiger partial charge is 0.166 e. The molecule has 2 rings (SSSR count). The largest absolute Gasteiger partial charge is 0.384 e. The third kappa shape index (κ3) is 2.25. The molecule has 1 aromatic heterocycles. The molecule has 0 spiro atoms. The maximum absolute atomic E-state index is 11.7. The lowest BCUT2D eigenvalue weighted by Crippen LogP contribution is -2.03. The second-order valence-electron chi connectivity index (χ2n) is 3.58. The number of fused-ring (bicyclic) bond motifs is 1. The first-order valence-electron chi connectivity index (χ1n) is 5.18. The van der Waals surface area contributed by atoms with Crippen molar-refractivity contribution in [3.05, 3.63) is 42.1 Å². The van der Waals surface area contributed by atoms with Crippen molar-refractivity contribution >= 4 is 16.7 Å². The molecule has 3 heteroatoms. The molecule has 0 aliphatic carbocycles. The van der Waals surface area contributed by atoms with E-state index in [2.05, 4.69) is 4.98 Å². The molecule has 82 valence electrons. The van der Waals surface area contributed by atoms with Crippen LogP contribution in [0.15, 0.2) is 36.5 Å². The molecule has 16 heavy (non-hydrogen) atoms. The zero-order valence-electron chi connectivity index (χ0n) is 9.14. The van der Waals surface area contributed by atoms with Crippen LogP contribution in [0.5, 0.6) is 0 Å². The third-order valence-electron chi connectivity index (χ3n) is 2.45. The van der Waals surface area contributed by atoms with Gasteiger partial charge in [0.05, 0.1) is 12.1 Å². The quantitative estimate of drug-likeness (QED) is 0.735. The Labute approximate surface area is 94.1 Å². The number of hydrogen-bond donors (Lipinski definition) is 0. The van der Waals surface area contributed by atoms with Crippen molar-refractivity contribution < 1.29 is 9.53 Å². The highest BCUT2D eigenvalue weighted by Crippen LogP contribution is 2.13. The molecule has 0 saturated heterocycles. The van der Waals surface area contributed by atoms with Crippen LogP contribution < -0.4 is 0 Å². The van der Waals surface area contributed by atoms with E-state index in [1.165, 1.54) is 0 Å². The number of para-hydroxylation sites is 1. The molecule has 0 atom stereocenters. The number of carbonyl (C=O) groups is 1. The lowest BCUT2D eigenvalue weighted by molar-refractivity contribution is 0.0932. The minimum absolute atomic E-state index is 0.0695. The van der Waals surface area contributed by atoms with E-state index < -0.39 is 0 Å². The van der Waals surface area contributed by atoms with E-state index in [1.54, 1.807) is 13.3 Å². The van der Waals surface area contributed by atoms with Gasteiger partial charge < -0.3 is 4.74 Å². The molecule has 1 aromatic carbocycles. The molecule has 2 aromatic rings. The number of pyridine rings is 1. The van der Waals surface area contributed by atoms with Gasteiger partial charge in [0.2, 0.25) is 0 Å². The molecule has 0 unspecified atom stereocenters. The van der Waals surface area contributed by atoms with Gasteiger partial charge in [-0.15, -0.1) is 0 Å². The van der Waals surface area contributed by atoms with Crippen LogP contribution >= 0.6 is 0 Å². The first kappa shape index (κ1) is 10.8. The maximum atomic E-state index is 11.7. The van der Waals surface area contributed by atoms with Crippen molar-refractivity contribution in [3.63, 3.8) is 0 Å². The molecular weight excluding hydrogens is 202 g/mol. The van der Waals surface area contributed by atoms with Crippen LogP contribution in [0.3, 0.4) is 0 Å². The molecule has 0 radical (unpaired) electrons. The average Bonchev–Trinajstić information content (AvgIpc) is 2.35. The number of nitrogens with zero attached hydrogens (tertiary/aromatic N) is 1. The normalized spacial score (nSPS) is 10.6. The SMILES string of the molecule is COCCC(=O)c1cnc2ccccc2c1. The molecule has 1 heterocycles. The van der Waals surface area contributed by atoms with Crippen molar-refractivity contribution in [1.29, 1.82) is 0 Å². The van der Waals surface area contributed by atoms with Gasteiger partial charge in [-0.1, -0.05) is 18.2 Å². The molecule has 0 aliphatic rings. The summed E-state index contributed by atoms with van der Waals surface area (Å²) in [6.07, 6.45) is 2.02. The minimum atomic E-state index is 0.0695. The molecule has 0 bridgehead atoms. The predicted octanol–water partition coefficient (Wildman–Crippen LogP) is 2.45. The van der Waals surface area contributed by atoms with Gasteiger partial charge in [0.1, 0.15) is 0 Å². The van der Waals surface area contributed by atoms with Crippen LogP contribution in [0.2, 0.25) is 0 Å². The number of Topliss-reactive ketones (excluding diaryl/α,β-unsaturated/α-hetero) is 1. The molecular formula is C13H13NO2. The number of ketones is 1. The zero-order chi connectivity index (χ0) is 11.4. The Balaban J connectivity index is 2.28. The van der Waals surface area contributed by atoms with Crippen LogP contribution in [-0.2, 0) is 4.74 Å². The monoisotopic (exact) mass is 215 g/mol. The number of ether oxygens (including phenoxy) is 1. The van der Waals surface area contributed by atoms with E-state index in [-0.39, 0.29) is 5.78 Å². The van der Waals surface area contributed by atoms with Crippen LogP contribution in [0, 0.1) is 0 Å². The number of benzene rings is 1. The summed E-state index contributed by atoms with van der Waals surface area (Å²) in [5.41, 5.74) is 1.56. The maximum Gasteiger partial charge on any atom is 0.166 e. The average molecular weight is 215 g/mol. The highest BCUT2D eigenvalue weighted by molar-refractivity contribution is 5.98. The van der Waals surface area contributed by atoms with Crippen molar-refractivity contribution in [1.82, 2.24) is 4.98 Å². The first-order chi connectivity index (χ1) is 7.81. The lowest BCUT2D eigenvalue weighted by Gasteiger charge is -2.02. The molecule has 0 amide bonds. The van der Waals surface area contributed by atoms with Crippen LogP contribution in [-0.4, -0.2) is 24.5 Å². The van der Waals surface area contributed by atoms with Crippen LogP contribution in [0.4, 0.5) is 0 Å². The summed E-state index contributed by atoms with van der Waals surface area (Å²) >= 11 is 0. The van der Waals surface area contributed by atoms with Crippen molar-refractivity contribution in [2.75, 3.05) is 13.7 Å². The van der Waals surface area contributed by atoms with Crippen LogP contribution in [0.25, 0.3) is 10.9 Å². The van der Waals surface area contributed by atoms with Gasteiger partial charge in [-0.3, -0.25) is 9.78 Å². The second-order valence-corrected chi connectivity index (χ2v) is 3.58. The minimum Gasteiger partial charge on any atom is -0.384 e. The fourth-order valence-electron chi connectivity index (χ4n) is 1.56. The number of hydrogen-bond acceptors (Lipinski definition) is 3. The van der Waals surface area contributed by atoms with Crippen molar-refractivity contribution in [3.8, 4) is 0 Å². The number of carbonyl (C=O) groups excluding carboxylic acids is 1. The summed E-state index contributed by atoms with van der Waals surface area (Å²) in [6.45, 7) is 0.450. The van der Waals surface area contributed by atoms with Gasteiger partial charge in [-0.25, -0.2) is 0 Å². The van der Waals surface area contributed by atoms with Gasteiger partial charge in [-0.2, -0.15) is 0 Å². The lowest BCUT2D eigenvalue weighted by atomic mass is 10.1. The fraction of sp³-hybridized carbons (Fsp3) is 0.231. The Morgan fingerprint density at radius 3 is 3.00 bits per heavy atom. The van der Waals surface area contributed by atoms with E-state index in [9.17, 15) is 4.79 Å². The van der Waals surface area contributed by atoms with E-state index in [4.69, 9.17) is 4.74 Å². The molecule has 0 aliphatic heterocycles. The van der Waals surface area contributed by atoms with E-state index in [0.29, 0.717) is 18.6 Å². The van der Waals surface area contributed by atoms with Crippen LogP contribution in [0.1, 0.15) is 16.8 Å². The summed E-state index contributed by atoms with van der Waals surface area (Å²) in [6, 6.07) is 9.63. The summed E-state index contributed by atoms with van der Waals surface area (Å²) in [5, 5.41) is 0.991. The van der Waals surface area contributed by atoms with Gasteiger partial charge >= 0.3 is 0 Å². The highest BCUT2D eigenvalue weighted by atomic mass is 16.5. The van der Waals surface area contributed by atoms with Gasteiger partial charge in [-0.05, 0) is 12.1 Å². The topological polar surface area (TPSA) is 39.2 Å². The van der Waals surface area contributed by atoms with Gasteiger partial charge in [0.15, 0.2) is 5.78 Å². The standard InChI is InChI=1S/C13H13NO2/c1-16-7-6-13(15)11-8-10-4-2-3-5-12(10)14-9-11/h2-5,8-9H,6-7H2,1H3. The molecule has 0 saturated carbocycles. The summed E-state index contributed by atoms with van der Waals surface area (Å²) in [7, 11) is 1.59. The number of aromatic nitrogens is 1. The predicted molar refractivity (Wildman–Crippen MR) is 62.6 cm³/mol. The van der Waals surface area contributed by atoms with Gasteiger partial charge in [0, 0.05) is 30.7 Å². The Morgan fingerprint density at radius 1 is 1.38 bits per heavy atom. The third-order valence-corrected chi connectivity index (χ3v) is 2.45. The van der Waals surface area contributed by atoms with E-state index in [1.807, 2.05) is 30.3 Å². The summed E-state index contributed by atoms with van der Waals surface area (Å²) in [4.78, 5) is 16.0. The van der Waals surface area contributed by atoms with Crippen molar-refractivity contribution in [2.45, 2.75) is 6.42 Å². The second kappa shape index (κ2) is 4.86. The Hall–Kier alpha value is -1.74. The summed E-state index contributed by atoms with van der Waals surface area (Å²) in [5.74, 6) is 0.0695. The Morgan fingerprint density at radius 2 is 2.19 bits per heavy atom. The number of rotatable bonds is 4. The molecule has 0 N–H and O–H groups in total. The first-order valence-corrected chi connectivity index (χ1v) is 5.18. The molecule has 3 nitrogen and oxygen atoms in total. The van der Waals surface area contributed by atoms with Gasteiger partial charge in [0.25, 0.3) is 0 Å². The van der Waals surface area contributed by atoms with E-state index in [0.717, 1.165) is 10.9 Å². The Kier molecular flexibility index (Phi) is 3.27.